The SMILES string of the molecule is N#CCN1CCN(Cc2ccccn2)CC1. The van der Waals surface area contributed by atoms with Gasteiger partial charge in [0.2, 0.25) is 0 Å². The zero-order valence-electron chi connectivity index (χ0n) is 9.34. The van der Waals surface area contributed by atoms with Crippen molar-refractivity contribution in [2.45, 2.75) is 6.54 Å². The minimum Gasteiger partial charge on any atom is -0.295 e. The second-order valence-electron chi connectivity index (χ2n) is 4.03. The van der Waals surface area contributed by atoms with Gasteiger partial charge in [-0.15, -0.1) is 0 Å². The molecule has 1 saturated heterocycles. The molecule has 16 heavy (non-hydrogen) atoms. The molecule has 84 valence electrons. The summed E-state index contributed by atoms with van der Waals surface area (Å²) in [7, 11) is 0. The third kappa shape index (κ3) is 3.02. The molecule has 1 aliphatic rings. The Labute approximate surface area is 96.1 Å². The van der Waals surface area contributed by atoms with Gasteiger partial charge in [0.05, 0.1) is 18.3 Å². The zero-order valence-corrected chi connectivity index (χ0v) is 9.34. The van der Waals surface area contributed by atoms with Crippen LogP contribution in [0.5, 0.6) is 0 Å². The molecule has 2 heterocycles. The molecule has 0 bridgehead atoms. The van der Waals surface area contributed by atoms with Gasteiger partial charge in [-0.2, -0.15) is 5.26 Å². The summed E-state index contributed by atoms with van der Waals surface area (Å²) >= 11 is 0. The van der Waals surface area contributed by atoms with Gasteiger partial charge in [-0.3, -0.25) is 14.8 Å². The first kappa shape index (κ1) is 11.1. The summed E-state index contributed by atoms with van der Waals surface area (Å²) in [5.41, 5.74) is 1.12. The van der Waals surface area contributed by atoms with Crippen LogP contribution in [0.1, 0.15) is 5.69 Å². The van der Waals surface area contributed by atoms with Crippen molar-refractivity contribution in [2.75, 3.05) is 32.7 Å². The molecule has 0 amide bonds. The maximum atomic E-state index is 8.60. The van der Waals surface area contributed by atoms with E-state index in [1.807, 2.05) is 18.3 Å². The van der Waals surface area contributed by atoms with Crippen LogP contribution in [0.4, 0.5) is 0 Å². The Morgan fingerprint density at radius 2 is 1.94 bits per heavy atom. The van der Waals surface area contributed by atoms with Crippen molar-refractivity contribution >= 4 is 0 Å². The summed E-state index contributed by atoms with van der Waals surface area (Å²) < 4.78 is 0. The van der Waals surface area contributed by atoms with Crippen LogP contribution in [0.3, 0.4) is 0 Å². The third-order valence-corrected chi connectivity index (χ3v) is 2.87. The lowest BCUT2D eigenvalue weighted by Gasteiger charge is -2.33. The van der Waals surface area contributed by atoms with E-state index in [0.717, 1.165) is 38.4 Å². The molecule has 4 heteroatoms. The first-order valence-corrected chi connectivity index (χ1v) is 5.60. The van der Waals surface area contributed by atoms with Crippen LogP contribution in [0, 0.1) is 11.3 Å². The Balaban J connectivity index is 1.80. The number of piperazine rings is 1. The van der Waals surface area contributed by atoms with E-state index >= 15 is 0 Å². The second kappa shape index (κ2) is 5.59. The average Bonchev–Trinajstić information content (AvgIpc) is 2.33. The van der Waals surface area contributed by atoms with E-state index in [4.69, 9.17) is 5.26 Å². The zero-order chi connectivity index (χ0) is 11.2. The van der Waals surface area contributed by atoms with Crippen LogP contribution in [0.2, 0.25) is 0 Å². The Bertz CT molecular complexity index is 349. The molecule has 0 N–H and O–H groups in total. The fourth-order valence-corrected chi connectivity index (χ4v) is 1.93. The van der Waals surface area contributed by atoms with Crippen LogP contribution in [-0.4, -0.2) is 47.5 Å². The Hall–Kier alpha value is -1.44. The van der Waals surface area contributed by atoms with Gasteiger partial charge in [-0.25, -0.2) is 0 Å². The van der Waals surface area contributed by atoms with E-state index in [1.54, 1.807) is 0 Å². The highest BCUT2D eigenvalue weighted by Crippen LogP contribution is 2.05. The minimum absolute atomic E-state index is 0.553. The van der Waals surface area contributed by atoms with E-state index in [0.29, 0.717) is 6.54 Å². The minimum atomic E-state index is 0.553. The fourth-order valence-electron chi connectivity index (χ4n) is 1.93. The number of aromatic nitrogens is 1. The van der Waals surface area contributed by atoms with Crippen LogP contribution in [0.15, 0.2) is 24.4 Å². The van der Waals surface area contributed by atoms with Gasteiger partial charge in [-0.1, -0.05) is 6.07 Å². The molecule has 1 aromatic heterocycles. The molecule has 0 atom stereocenters. The maximum absolute atomic E-state index is 8.60. The fraction of sp³-hybridized carbons (Fsp3) is 0.500. The molecule has 1 aliphatic heterocycles. The Kier molecular flexibility index (Phi) is 3.86. The van der Waals surface area contributed by atoms with Gasteiger partial charge in [-0.05, 0) is 12.1 Å². The van der Waals surface area contributed by atoms with Crippen molar-refractivity contribution in [3.8, 4) is 6.07 Å². The number of rotatable bonds is 3. The monoisotopic (exact) mass is 216 g/mol. The van der Waals surface area contributed by atoms with Gasteiger partial charge < -0.3 is 0 Å². The molecule has 1 aromatic rings. The molecular weight excluding hydrogens is 200 g/mol. The molecule has 0 unspecified atom stereocenters. The predicted molar refractivity (Wildman–Crippen MR) is 61.6 cm³/mol. The highest BCUT2D eigenvalue weighted by Gasteiger charge is 2.16. The summed E-state index contributed by atoms with van der Waals surface area (Å²) in [4.78, 5) is 8.90. The highest BCUT2D eigenvalue weighted by molar-refractivity contribution is 5.03. The molecule has 0 radical (unpaired) electrons. The number of nitriles is 1. The summed E-state index contributed by atoms with van der Waals surface area (Å²) in [5, 5.41) is 8.60. The van der Waals surface area contributed by atoms with Gasteiger partial charge in [0.1, 0.15) is 0 Å². The molecular formula is C12H16N4. The van der Waals surface area contributed by atoms with Crippen molar-refractivity contribution in [1.29, 1.82) is 5.26 Å². The quantitative estimate of drug-likeness (QED) is 0.698. The van der Waals surface area contributed by atoms with Crippen LogP contribution >= 0.6 is 0 Å². The van der Waals surface area contributed by atoms with Crippen molar-refractivity contribution < 1.29 is 0 Å². The largest absolute Gasteiger partial charge is 0.295 e. The van der Waals surface area contributed by atoms with Crippen LogP contribution in [0.25, 0.3) is 0 Å². The first-order chi connectivity index (χ1) is 7.88. The molecule has 2 rings (SSSR count). The normalized spacial score (nSPS) is 18.2. The highest BCUT2D eigenvalue weighted by atomic mass is 15.3. The molecule has 4 nitrogen and oxygen atoms in total. The van der Waals surface area contributed by atoms with E-state index in [2.05, 4.69) is 26.9 Å². The van der Waals surface area contributed by atoms with Crippen molar-refractivity contribution in [3.63, 3.8) is 0 Å². The summed E-state index contributed by atoms with van der Waals surface area (Å²) in [6.07, 6.45) is 1.83. The smallest absolute Gasteiger partial charge is 0.0866 e. The molecule has 0 aromatic carbocycles. The van der Waals surface area contributed by atoms with Gasteiger partial charge in [0.25, 0.3) is 0 Å². The summed E-state index contributed by atoms with van der Waals surface area (Å²) in [6.45, 7) is 5.50. The van der Waals surface area contributed by atoms with Gasteiger partial charge in [0.15, 0.2) is 0 Å². The summed E-state index contributed by atoms with van der Waals surface area (Å²) in [5.74, 6) is 0. The van der Waals surface area contributed by atoms with E-state index in [1.165, 1.54) is 0 Å². The topological polar surface area (TPSA) is 43.2 Å². The van der Waals surface area contributed by atoms with Gasteiger partial charge >= 0.3 is 0 Å². The maximum Gasteiger partial charge on any atom is 0.0866 e. The lowest BCUT2D eigenvalue weighted by Crippen LogP contribution is -2.45. The number of hydrogen-bond acceptors (Lipinski definition) is 4. The Morgan fingerprint density at radius 3 is 2.56 bits per heavy atom. The van der Waals surface area contributed by atoms with Crippen LogP contribution in [-0.2, 0) is 6.54 Å². The lowest BCUT2D eigenvalue weighted by molar-refractivity contribution is 0.137. The lowest BCUT2D eigenvalue weighted by atomic mass is 10.2. The Morgan fingerprint density at radius 1 is 1.19 bits per heavy atom. The molecule has 0 aliphatic carbocycles. The summed E-state index contributed by atoms with van der Waals surface area (Å²) in [6, 6.07) is 8.22. The average molecular weight is 216 g/mol. The molecule has 0 spiro atoms. The van der Waals surface area contributed by atoms with Crippen molar-refractivity contribution in [2.24, 2.45) is 0 Å². The molecule has 1 fully saturated rings. The van der Waals surface area contributed by atoms with Crippen molar-refractivity contribution in [3.05, 3.63) is 30.1 Å². The number of nitrogens with zero attached hydrogens (tertiary/aromatic N) is 4. The molecule has 0 saturated carbocycles. The standard InChI is InChI=1S/C12H16N4/c13-4-6-15-7-9-16(10-8-15)11-12-3-1-2-5-14-12/h1-3,5H,6-11H2. The predicted octanol–water partition coefficient (Wildman–Crippen LogP) is 0.723. The first-order valence-electron chi connectivity index (χ1n) is 5.60. The number of hydrogen-bond donors (Lipinski definition) is 0. The second-order valence-corrected chi connectivity index (χ2v) is 4.03. The van der Waals surface area contributed by atoms with E-state index in [-0.39, 0.29) is 0 Å². The number of pyridine rings is 1. The van der Waals surface area contributed by atoms with Gasteiger partial charge in [0, 0.05) is 38.9 Å². The van der Waals surface area contributed by atoms with E-state index < -0.39 is 0 Å². The van der Waals surface area contributed by atoms with Crippen molar-refractivity contribution in [1.82, 2.24) is 14.8 Å². The third-order valence-electron chi connectivity index (χ3n) is 2.87. The van der Waals surface area contributed by atoms with Crippen LogP contribution < -0.4 is 0 Å². The van der Waals surface area contributed by atoms with E-state index in [9.17, 15) is 0 Å².